The SMILES string of the molecule is C[C@H]1CCN[C@H](CO)C1. The fraction of sp³-hybridized carbons (Fsp3) is 1.00. The van der Waals surface area contributed by atoms with Gasteiger partial charge < -0.3 is 10.4 Å². The smallest absolute Gasteiger partial charge is 0.0584 e. The van der Waals surface area contributed by atoms with E-state index < -0.39 is 0 Å². The van der Waals surface area contributed by atoms with Crippen LogP contribution in [0.3, 0.4) is 0 Å². The summed E-state index contributed by atoms with van der Waals surface area (Å²) >= 11 is 0. The van der Waals surface area contributed by atoms with Gasteiger partial charge in [0.05, 0.1) is 6.61 Å². The molecule has 1 aliphatic rings. The Morgan fingerprint density at radius 1 is 1.67 bits per heavy atom. The normalized spacial score (nSPS) is 36.7. The fourth-order valence-corrected chi connectivity index (χ4v) is 1.36. The van der Waals surface area contributed by atoms with Crippen molar-refractivity contribution in [1.29, 1.82) is 0 Å². The Morgan fingerprint density at radius 3 is 2.89 bits per heavy atom. The van der Waals surface area contributed by atoms with Crippen LogP contribution in [0.4, 0.5) is 0 Å². The van der Waals surface area contributed by atoms with E-state index in [9.17, 15) is 0 Å². The largest absolute Gasteiger partial charge is 0.395 e. The molecule has 9 heavy (non-hydrogen) atoms. The Morgan fingerprint density at radius 2 is 2.44 bits per heavy atom. The standard InChI is InChI=1S/C7H15NO/c1-6-2-3-8-7(4-6)5-9/h6-9H,2-5H2,1H3/t6-,7-/m0/s1. The van der Waals surface area contributed by atoms with Crippen LogP contribution in [0.5, 0.6) is 0 Å². The van der Waals surface area contributed by atoms with E-state index in [1.54, 1.807) is 0 Å². The summed E-state index contributed by atoms with van der Waals surface area (Å²) in [5.41, 5.74) is 0. The summed E-state index contributed by atoms with van der Waals surface area (Å²) in [6.45, 7) is 3.61. The Bertz CT molecular complexity index is 85.0. The molecule has 1 saturated heterocycles. The molecule has 2 atom stereocenters. The zero-order valence-electron chi connectivity index (χ0n) is 5.93. The van der Waals surface area contributed by atoms with Crippen molar-refractivity contribution >= 4 is 0 Å². The summed E-state index contributed by atoms with van der Waals surface area (Å²) in [5, 5.41) is 12.0. The Hall–Kier alpha value is -0.0800. The molecule has 0 saturated carbocycles. The predicted molar refractivity (Wildman–Crippen MR) is 37.3 cm³/mol. The summed E-state index contributed by atoms with van der Waals surface area (Å²) in [7, 11) is 0. The molecule has 0 aromatic carbocycles. The minimum atomic E-state index is 0.296. The molecule has 0 radical (unpaired) electrons. The minimum absolute atomic E-state index is 0.296. The van der Waals surface area contributed by atoms with E-state index in [0.29, 0.717) is 12.6 Å². The summed E-state index contributed by atoms with van der Waals surface area (Å²) in [5.74, 6) is 0.795. The maximum Gasteiger partial charge on any atom is 0.0584 e. The van der Waals surface area contributed by atoms with Gasteiger partial charge in [-0.25, -0.2) is 0 Å². The van der Waals surface area contributed by atoms with Crippen LogP contribution in [0.1, 0.15) is 19.8 Å². The summed E-state index contributed by atoms with van der Waals surface area (Å²) in [6, 6.07) is 0.369. The molecule has 1 heterocycles. The van der Waals surface area contributed by atoms with Crippen LogP contribution in [0.2, 0.25) is 0 Å². The molecule has 0 bridgehead atoms. The highest BCUT2D eigenvalue weighted by Crippen LogP contribution is 2.13. The molecule has 0 unspecified atom stereocenters. The van der Waals surface area contributed by atoms with Gasteiger partial charge in [0.15, 0.2) is 0 Å². The molecule has 54 valence electrons. The number of aliphatic hydroxyl groups is 1. The maximum atomic E-state index is 8.75. The third-order valence-electron chi connectivity index (χ3n) is 1.98. The third kappa shape index (κ3) is 1.95. The molecule has 1 aliphatic heterocycles. The molecule has 1 rings (SSSR count). The van der Waals surface area contributed by atoms with E-state index in [1.807, 2.05) is 0 Å². The second-order valence-corrected chi connectivity index (χ2v) is 2.96. The molecule has 0 aromatic rings. The third-order valence-corrected chi connectivity index (χ3v) is 1.98. The van der Waals surface area contributed by atoms with Gasteiger partial charge in [0.25, 0.3) is 0 Å². The monoisotopic (exact) mass is 129 g/mol. The summed E-state index contributed by atoms with van der Waals surface area (Å²) in [6.07, 6.45) is 2.40. The number of aliphatic hydroxyl groups excluding tert-OH is 1. The van der Waals surface area contributed by atoms with E-state index in [-0.39, 0.29) is 0 Å². The maximum absolute atomic E-state index is 8.75. The Balaban J connectivity index is 2.23. The van der Waals surface area contributed by atoms with Gasteiger partial charge in [0, 0.05) is 6.04 Å². The molecule has 0 amide bonds. The zero-order chi connectivity index (χ0) is 6.69. The molecule has 2 N–H and O–H groups in total. The van der Waals surface area contributed by atoms with Gasteiger partial charge in [0.2, 0.25) is 0 Å². The molecule has 0 aromatic heterocycles. The van der Waals surface area contributed by atoms with Crippen LogP contribution < -0.4 is 5.32 Å². The van der Waals surface area contributed by atoms with Crippen LogP contribution in [0, 0.1) is 5.92 Å². The van der Waals surface area contributed by atoms with Crippen LogP contribution in [0.25, 0.3) is 0 Å². The Kier molecular flexibility index (Phi) is 2.49. The van der Waals surface area contributed by atoms with E-state index in [1.165, 1.54) is 6.42 Å². The van der Waals surface area contributed by atoms with Crippen molar-refractivity contribution in [1.82, 2.24) is 5.32 Å². The second-order valence-electron chi connectivity index (χ2n) is 2.96. The molecule has 0 spiro atoms. The van der Waals surface area contributed by atoms with E-state index in [0.717, 1.165) is 18.9 Å². The number of nitrogens with one attached hydrogen (secondary N) is 1. The second kappa shape index (κ2) is 3.18. The van der Waals surface area contributed by atoms with Gasteiger partial charge in [-0.05, 0) is 25.3 Å². The van der Waals surface area contributed by atoms with E-state index in [2.05, 4.69) is 12.2 Å². The average Bonchev–Trinajstić information content (AvgIpc) is 1.88. The van der Waals surface area contributed by atoms with Crippen molar-refractivity contribution in [2.75, 3.05) is 13.2 Å². The van der Waals surface area contributed by atoms with Gasteiger partial charge in [0.1, 0.15) is 0 Å². The highest BCUT2D eigenvalue weighted by atomic mass is 16.3. The summed E-state index contributed by atoms with van der Waals surface area (Å²) < 4.78 is 0. The number of rotatable bonds is 1. The van der Waals surface area contributed by atoms with Crippen molar-refractivity contribution in [2.45, 2.75) is 25.8 Å². The number of hydrogen-bond acceptors (Lipinski definition) is 2. The van der Waals surface area contributed by atoms with Crippen molar-refractivity contribution in [3.63, 3.8) is 0 Å². The highest BCUT2D eigenvalue weighted by molar-refractivity contribution is 4.74. The van der Waals surface area contributed by atoms with Crippen molar-refractivity contribution in [3.8, 4) is 0 Å². The molecule has 0 aliphatic carbocycles. The molecule has 2 nitrogen and oxygen atoms in total. The van der Waals surface area contributed by atoms with E-state index >= 15 is 0 Å². The van der Waals surface area contributed by atoms with Crippen molar-refractivity contribution in [2.24, 2.45) is 5.92 Å². The first-order chi connectivity index (χ1) is 4.33. The first-order valence-electron chi connectivity index (χ1n) is 3.67. The van der Waals surface area contributed by atoms with Crippen molar-refractivity contribution < 1.29 is 5.11 Å². The van der Waals surface area contributed by atoms with Gasteiger partial charge in [-0.2, -0.15) is 0 Å². The lowest BCUT2D eigenvalue weighted by molar-refractivity contribution is 0.198. The van der Waals surface area contributed by atoms with Gasteiger partial charge >= 0.3 is 0 Å². The number of hydrogen-bond donors (Lipinski definition) is 2. The van der Waals surface area contributed by atoms with Gasteiger partial charge in [-0.1, -0.05) is 6.92 Å². The first kappa shape index (κ1) is 7.03. The van der Waals surface area contributed by atoms with Crippen LogP contribution in [0.15, 0.2) is 0 Å². The molecule has 1 fully saturated rings. The topological polar surface area (TPSA) is 32.3 Å². The van der Waals surface area contributed by atoms with Crippen molar-refractivity contribution in [3.05, 3.63) is 0 Å². The van der Waals surface area contributed by atoms with Gasteiger partial charge in [-0.3, -0.25) is 0 Å². The van der Waals surface area contributed by atoms with Crippen LogP contribution in [-0.2, 0) is 0 Å². The summed E-state index contributed by atoms with van der Waals surface area (Å²) in [4.78, 5) is 0. The quantitative estimate of drug-likeness (QED) is 0.536. The fourth-order valence-electron chi connectivity index (χ4n) is 1.36. The lowest BCUT2D eigenvalue weighted by atomic mass is 9.95. The van der Waals surface area contributed by atoms with E-state index in [4.69, 9.17) is 5.11 Å². The van der Waals surface area contributed by atoms with Gasteiger partial charge in [-0.15, -0.1) is 0 Å². The molecular weight excluding hydrogens is 114 g/mol. The lowest BCUT2D eigenvalue weighted by Crippen LogP contribution is -2.39. The first-order valence-corrected chi connectivity index (χ1v) is 3.67. The zero-order valence-corrected chi connectivity index (χ0v) is 5.93. The predicted octanol–water partition coefficient (Wildman–Crippen LogP) is 0.367. The number of piperidine rings is 1. The Labute approximate surface area is 56.3 Å². The minimum Gasteiger partial charge on any atom is -0.395 e. The van der Waals surface area contributed by atoms with Crippen LogP contribution >= 0.6 is 0 Å². The molecular formula is C7H15NO. The molecule has 2 heteroatoms. The van der Waals surface area contributed by atoms with Crippen LogP contribution in [-0.4, -0.2) is 24.3 Å². The highest BCUT2D eigenvalue weighted by Gasteiger charge is 2.16. The lowest BCUT2D eigenvalue weighted by Gasteiger charge is -2.26. The average molecular weight is 129 g/mol.